The molecule has 1 aromatic rings. The zero-order valence-corrected chi connectivity index (χ0v) is 13.7. The first kappa shape index (κ1) is 16.0. The largest absolute Gasteiger partial charge is 0.373 e. The lowest BCUT2D eigenvalue weighted by molar-refractivity contribution is 0.476. The summed E-state index contributed by atoms with van der Waals surface area (Å²) in [6, 6.07) is 1.82. The Labute approximate surface area is 126 Å². The van der Waals surface area contributed by atoms with Crippen molar-refractivity contribution < 1.29 is 8.42 Å². The van der Waals surface area contributed by atoms with Gasteiger partial charge in [-0.15, -0.1) is 0 Å². The zero-order chi connectivity index (χ0) is 15.7. The molecule has 0 bridgehead atoms. The van der Waals surface area contributed by atoms with Gasteiger partial charge < -0.3 is 10.6 Å². The summed E-state index contributed by atoms with van der Waals surface area (Å²) in [6.07, 6.45) is 3.42. The van der Waals surface area contributed by atoms with Gasteiger partial charge in [-0.3, -0.25) is 0 Å². The number of aromatic nitrogens is 2. The number of nitrogens with zero attached hydrogens (tertiary/aromatic N) is 2. The van der Waals surface area contributed by atoms with Crippen LogP contribution in [0, 0.1) is 0 Å². The summed E-state index contributed by atoms with van der Waals surface area (Å²) in [4.78, 5) is 8.95. The Bertz CT molecular complexity index is 611. The van der Waals surface area contributed by atoms with Gasteiger partial charge in [-0.2, -0.15) is 0 Å². The Kier molecular flexibility index (Phi) is 4.38. The van der Waals surface area contributed by atoms with Crippen LogP contribution in [-0.2, 0) is 10.0 Å². The minimum absolute atomic E-state index is 0.435. The number of rotatable bonds is 7. The third kappa shape index (κ3) is 5.13. The molecule has 1 aromatic heterocycles. The van der Waals surface area contributed by atoms with Crippen LogP contribution in [0.5, 0.6) is 0 Å². The number of hydrogen-bond donors (Lipinski definition) is 3. The lowest BCUT2D eigenvalue weighted by Crippen LogP contribution is -2.47. The van der Waals surface area contributed by atoms with E-state index in [9.17, 15) is 8.42 Å². The van der Waals surface area contributed by atoms with E-state index in [4.69, 9.17) is 0 Å². The predicted molar refractivity (Wildman–Crippen MR) is 84.1 cm³/mol. The number of anilines is 2. The van der Waals surface area contributed by atoms with Gasteiger partial charge >= 0.3 is 0 Å². The van der Waals surface area contributed by atoms with Crippen molar-refractivity contribution in [1.82, 2.24) is 14.7 Å². The maximum Gasteiger partial charge on any atom is 0.209 e. The average molecular weight is 313 g/mol. The normalized spacial score (nSPS) is 15.8. The van der Waals surface area contributed by atoms with E-state index in [1.54, 1.807) is 0 Å². The summed E-state index contributed by atoms with van der Waals surface area (Å²) in [6.45, 7) is 4.08. The van der Waals surface area contributed by atoms with Gasteiger partial charge in [0.2, 0.25) is 10.0 Å². The van der Waals surface area contributed by atoms with E-state index in [0.29, 0.717) is 18.3 Å². The van der Waals surface area contributed by atoms with Crippen molar-refractivity contribution >= 4 is 21.7 Å². The van der Waals surface area contributed by atoms with Gasteiger partial charge in [0.25, 0.3) is 0 Å². The molecule has 1 fully saturated rings. The lowest BCUT2D eigenvalue weighted by Gasteiger charge is -2.25. The van der Waals surface area contributed by atoms with E-state index < -0.39 is 15.6 Å². The fourth-order valence-electron chi connectivity index (χ4n) is 2.06. The molecule has 0 aromatic carbocycles. The van der Waals surface area contributed by atoms with Crippen LogP contribution >= 0.6 is 0 Å². The smallest absolute Gasteiger partial charge is 0.209 e. The van der Waals surface area contributed by atoms with E-state index >= 15 is 0 Å². The second kappa shape index (κ2) is 5.76. The van der Waals surface area contributed by atoms with Crippen molar-refractivity contribution in [1.29, 1.82) is 0 Å². The molecule has 118 valence electrons. The monoisotopic (exact) mass is 313 g/mol. The second-order valence-corrected chi connectivity index (χ2v) is 7.88. The SMILES string of the molecule is CNc1cc(NCC(C)(C)NS(C)(=O)=O)nc(C2CC2)n1. The van der Waals surface area contributed by atoms with Gasteiger partial charge in [-0.1, -0.05) is 0 Å². The summed E-state index contributed by atoms with van der Waals surface area (Å²) in [5.74, 6) is 2.78. The van der Waals surface area contributed by atoms with Gasteiger partial charge in [0.1, 0.15) is 17.5 Å². The van der Waals surface area contributed by atoms with Gasteiger partial charge in [0.05, 0.1) is 6.26 Å². The highest BCUT2D eigenvalue weighted by molar-refractivity contribution is 7.88. The first-order chi connectivity index (χ1) is 9.68. The number of nitrogens with one attached hydrogen (secondary N) is 3. The Hall–Kier alpha value is -1.41. The van der Waals surface area contributed by atoms with Crippen LogP contribution in [-0.4, -0.2) is 43.8 Å². The fraction of sp³-hybridized carbons (Fsp3) is 0.692. The Morgan fingerprint density at radius 1 is 1.29 bits per heavy atom. The molecule has 21 heavy (non-hydrogen) atoms. The summed E-state index contributed by atoms with van der Waals surface area (Å²) >= 11 is 0. The minimum Gasteiger partial charge on any atom is -0.373 e. The van der Waals surface area contributed by atoms with E-state index in [1.807, 2.05) is 27.0 Å². The molecule has 0 atom stereocenters. The van der Waals surface area contributed by atoms with E-state index in [-0.39, 0.29) is 0 Å². The third-order valence-corrected chi connectivity index (χ3v) is 4.04. The first-order valence-electron chi connectivity index (χ1n) is 6.98. The van der Waals surface area contributed by atoms with Crippen LogP contribution in [0.2, 0.25) is 0 Å². The molecule has 1 aliphatic carbocycles. The van der Waals surface area contributed by atoms with Gasteiger partial charge in [0, 0.05) is 31.1 Å². The Morgan fingerprint density at radius 3 is 2.43 bits per heavy atom. The second-order valence-electron chi connectivity index (χ2n) is 6.13. The van der Waals surface area contributed by atoms with Crippen molar-refractivity contribution in [3.05, 3.63) is 11.9 Å². The Balaban J connectivity index is 2.07. The highest BCUT2D eigenvalue weighted by Crippen LogP contribution is 2.38. The van der Waals surface area contributed by atoms with Gasteiger partial charge in [-0.25, -0.2) is 23.1 Å². The highest BCUT2D eigenvalue weighted by atomic mass is 32.2. The molecule has 0 radical (unpaired) electrons. The summed E-state index contributed by atoms with van der Waals surface area (Å²) in [5.41, 5.74) is -0.599. The highest BCUT2D eigenvalue weighted by Gasteiger charge is 2.28. The van der Waals surface area contributed by atoms with E-state index in [1.165, 1.54) is 0 Å². The summed E-state index contributed by atoms with van der Waals surface area (Å²) in [5, 5.41) is 6.21. The van der Waals surface area contributed by atoms with Crippen LogP contribution in [0.3, 0.4) is 0 Å². The molecule has 0 aliphatic heterocycles. The number of sulfonamides is 1. The predicted octanol–water partition coefficient (Wildman–Crippen LogP) is 1.14. The maximum atomic E-state index is 11.3. The van der Waals surface area contributed by atoms with Crippen LogP contribution < -0.4 is 15.4 Å². The van der Waals surface area contributed by atoms with E-state index in [2.05, 4.69) is 25.3 Å². The van der Waals surface area contributed by atoms with Gasteiger partial charge in [0.15, 0.2) is 0 Å². The molecule has 3 N–H and O–H groups in total. The van der Waals surface area contributed by atoms with Crippen LogP contribution in [0.4, 0.5) is 11.6 Å². The average Bonchev–Trinajstić information content (AvgIpc) is 3.17. The van der Waals surface area contributed by atoms with Crippen molar-refractivity contribution in [2.75, 3.05) is 30.5 Å². The molecule has 1 heterocycles. The quantitative estimate of drug-likeness (QED) is 0.698. The minimum atomic E-state index is -3.25. The zero-order valence-electron chi connectivity index (χ0n) is 12.9. The molecule has 8 heteroatoms. The third-order valence-electron chi connectivity index (χ3n) is 3.12. The van der Waals surface area contributed by atoms with Crippen molar-refractivity contribution in [3.63, 3.8) is 0 Å². The summed E-state index contributed by atoms with van der Waals surface area (Å²) < 4.78 is 25.3. The maximum absolute atomic E-state index is 11.3. The van der Waals surface area contributed by atoms with Crippen LogP contribution in [0.15, 0.2) is 6.07 Å². The molecule has 1 aliphatic rings. The van der Waals surface area contributed by atoms with Gasteiger partial charge in [-0.05, 0) is 26.7 Å². The molecule has 0 spiro atoms. The summed E-state index contributed by atoms with van der Waals surface area (Å²) in [7, 11) is -1.43. The topological polar surface area (TPSA) is 96.0 Å². The standard InChI is InChI=1S/C13H23N5O2S/c1-13(2,18-21(4,19)20)8-15-11-7-10(14-3)16-12(17-11)9-5-6-9/h7,9,18H,5-6,8H2,1-4H3,(H2,14,15,16,17). The molecular weight excluding hydrogens is 290 g/mol. The van der Waals surface area contributed by atoms with Crippen LogP contribution in [0.25, 0.3) is 0 Å². The Morgan fingerprint density at radius 2 is 1.90 bits per heavy atom. The molecule has 2 rings (SSSR count). The molecule has 0 saturated heterocycles. The molecule has 0 unspecified atom stereocenters. The molecular formula is C13H23N5O2S. The number of hydrogen-bond acceptors (Lipinski definition) is 6. The van der Waals surface area contributed by atoms with Crippen molar-refractivity contribution in [2.24, 2.45) is 0 Å². The fourth-order valence-corrected chi connectivity index (χ4v) is 3.13. The molecule has 7 nitrogen and oxygen atoms in total. The first-order valence-corrected chi connectivity index (χ1v) is 8.87. The van der Waals surface area contributed by atoms with Crippen LogP contribution in [0.1, 0.15) is 38.4 Å². The lowest BCUT2D eigenvalue weighted by atomic mass is 10.1. The van der Waals surface area contributed by atoms with Crippen molar-refractivity contribution in [3.8, 4) is 0 Å². The molecule has 1 saturated carbocycles. The van der Waals surface area contributed by atoms with E-state index in [0.717, 1.165) is 30.7 Å². The molecule has 0 amide bonds. The van der Waals surface area contributed by atoms with Crippen molar-refractivity contribution in [2.45, 2.75) is 38.1 Å².